The van der Waals surface area contributed by atoms with E-state index < -0.39 is 15.8 Å². The van der Waals surface area contributed by atoms with Gasteiger partial charge in [0.1, 0.15) is 21.6 Å². The fraction of sp³-hybridized carbons (Fsp3) is 0.286. The number of nitrogens with zero attached hydrogens (tertiary/aromatic N) is 2. The Bertz CT molecular complexity index is 1220. The summed E-state index contributed by atoms with van der Waals surface area (Å²) in [4.78, 5) is 4.03. The number of aromatic nitrogens is 1. The summed E-state index contributed by atoms with van der Waals surface area (Å²) in [7, 11) is -2.37. The Labute approximate surface area is 184 Å². The summed E-state index contributed by atoms with van der Waals surface area (Å²) < 4.78 is 51.7. The third-order valence-corrected chi connectivity index (χ3v) is 7.29. The largest absolute Gasteiger partial charge is 0.497 e. The van der Waals surface area contributed by atoms with E-state index in [1.165, 1.54) is 16.4 Å². The number of sulfonamides is 1. The molecule has 1 fully saturated rings. The molecule has 0 radical (unpaired) electrons. The number of hydrogen-bond acceptors (Lipinski definition) is 6. The topological polar surface area (TPSA) is 80.8 Å². The van der Waals surface area contributed by atoms with Crippen LogP contribution in [-0.4, -0.2) is 51.1 Å². The van der Waals surface area contributed by atoms with Crippen molar-refractivity contribution in [2.24, 2.45) is 0 Å². The van der Waals surface area contributed by atoms with Crippen LogP contribution in [0.1, 0.15) is 5.56 Å². The summed E-state index contributed by atoms with van der Waals surface area (Å²) in [5.41, 5.74) is 1.88. The van der Waals surface area contributed by atoms with E-state index >= 15 is 0 Å². The summed E-state index contributed by atoms with van der Waals surface area (Å²) >= 11 is 6.33. The molecular weight excluding hydrogens is 445 g/mol. The molecule has 3 aromatic rings. The van der Waals surface area contributed by atoms with Crippen LogP contribution in [0.15, 0.2) is 47.4 Å². The zero-order valence-electron chi connectivity index (χ0n) is 16.8. The van der Waals surface area contributed by atoms with Crippen molar-refractivity contribution in [3.05, 3.63) is 59.0 Å². The molecule has 1 aliphatic heterocycles. The number of fused-ring (bicyclic) bond motifs is 1. The van der Waals surface area contributed by atoms with Gasteiger partial charge in [-0.2, -0.15) is 4.31 Å². The number of nitrogens with one attached hydrogen (secondary N) is 1. The van der Waals surface area contributed by atoms with E-state index in [1.54, 1.807) is 13.2 Å². The molecule has 0 saturated carbocycles. The minimum absolute atomic E-state index is 0.197. The molecule has 0 aliphatic carbocycles. The smallest absolute Gasteiger partial charge is 0.246 e. The first-order chi connectivity index (χ1) is 14.9. The van der Waals surface area contributed by atoms with Crippen molar-refractivity contribution in [1.29, 1.82) is 0 Å². The van der Waals surface area contributed by atoms with Crippen molar-refractivity contribution in [2.75, 3.05) is 38.7 Å². The maximum atomic E-state index is 14.4. The van der Waals surface area contributed by atoms with Gasteiger partial charge in [-0.05, 0) is 36.4 Å². The Morgan fingerprint density at radius 1 is 1.19 bits per heavy atom. The normalized spacial score (nSPS) is 15.2. The molecule has 31 heavy (non-hydrogen) atoms. The third-order valence-electron chi connectivity index (χ3n) is 5.05. The molecule has 0 bridgehead atoms. The number of benzene rings is 2. The number of morpholine rings is 1. The van der Waals surface area contributed by atoms with E-state index in [9.17, 15) is 12.8 Å². The minimum Gasteiger partial charge on any atom is -0.497 e. The molecule has 7 nitrogen and oxygen atoms in total. The van der Waals surface area contributed by atoms with Gasteiger partial charge in [-0.25, -0.2) is 17.8 Å². The van der Waals surface area contributed by atoms with Gasteiger partial charge >= 0.3 is 0 Å². The van der Waals surface area contributed by atoms with Crippen LogP contribution in [0.4, 0.5) is 10.1 Å². The Morgan fingerprint density at radius 2 is 1.97 bits per heavy atom. The number of rotatable bonds is 6. The van der Waals surface area contributed by atoms with Crippen molar-refractivity contribution in [3.63, 3.8) is 0 Å². The van der Waals surface area contributed by atoms with Crippen LogP contribution >= 0.6 is 11.6 Å². The highest BCUT2D eigenvalue weighted by Gasteiger charge is 2.29. The van der Waals surface area contributed by atoms with E-state index in [0.717, 1.165) is 17.0 Å². The molecule has 0 unspecified atom stereocenters. The van der Waals surface area contributed by atoms with E-state index in [-0.39, 0.29) is 37.7 Å². The molecule has 1 N–H and O–H groups in total. The van der Waals surface area contributed by atoms with E-state index in [4.69, 9.17) is 21.1 Å². The van der Waals surface area contributed by atoms with Crippen molar-refractivity contribution < 1.29 is 22.3 Å². The molecule has 0 amide bonds. The van der Waals surface area contributed by atoms with Crippen molar-refractivity contribution in [3.8, 4) is 5.75 Å². The first-order valence-corrected chi connectivity index (χ1v) is 11.4. The molecule has 0 spiro atoms. The number of hydrogen-bond donors (Lipinski definition) is 1. The first kappa shape index (κ1) is 21.8. The molecule has 10 heteroatoms. The van der Waals surface area contributed by atoms with E-state index in [2.05, 4.69) is 10.3 Å². The zero-order valence-corrected chi connectivity index (χ0v) is 18.3. The lowest BCUT2D eigenvalue weighted by Gasteiger charge is -2.26. The molecule has 1 saturated heterocycles. The monoisotopic (exact) mass is 465 g/mol. The second-order valence-corrected chi connectivity index (χ2v) is 9.28. The second-order valence-electron chi connectivity index (χ2n) is 7.01. The maximum Gasteiger partial charge on any atom is 0.246 e. The standard InChI is InChI=1S/C21H21ClFN3O4S/c1-29-17-4-2-14-10-15(21(22)25-19(14)12-17)13-24-16-3-5-18(23)20(11-16)31(27,28)26-6-8-30-9-7-26/h2-5,10-12,24H,6-9,13H2,1H3. The minimum atomic E-state index is -3.95. The fourth-order valence-electron chi connectivity index (χ4n) is 3.35. The molecular formula is C21H21ClFN3O4S. The molecule has 164 valence electrons. The quantitative estimate of drug-likeness (QED) is 0.559. The Hall–Kier alpha value is -2.46. The molecule has 2 heterocycles. The second kappa shape index (κ2) is 8.96. The number of methoxy groups -OCH3 is 1. The van der Waals surface area contributed by atoms with Gasteiger partial charge in [0, 0.05) is 42.3 Å². The first-order valence-electron chi connectivity index (χ1n) is 9.63. The molecule has 2 aromatic carbocycles. The van der Waals surface area contributed by atoms with Gasteiger partial charge in [-0.3, -0.25) is 0 Å². The van der Waals surface area contributed by atoms with Crippen LogP contribution in [0.2, 0.25) is 5.15 Å². The number of pyridine rings is 1. The third kappa shape index (κ3) is 4.59. The van der Waals surface area contributed by atoms with Crippen LogP contribution in [-0.2, 0) is 21.3 Å². The lowest BCUT2D eigenvalue weighted by Crippen LogP contribution is -2.40. The van der Waals surface area contributed by atoms with Gasteiger partial charge in [-0.15, -0.1) is 0 Å². The van der Waals surface area contributed by atoms with Gasteiger partial charge in [0.2, 0.25) is 10.0 Å². The van der Waals surface area contributed by atoms with Crippen molar-refractivity contribution >= 4 is 38.2 Å². The van der Waals surface area contributed by atoms with Crippen molar-refractivity contribution in [1.82, 2.24) is 9.29 Å². The average molecular weight is 466 g/mol. The van der Waals surface area contributed by atoms with Gasteiger partial charge in [0.05, 0.1) is 25.8 Å². The summed E-state index contributed by atoms with van der Waals surface area (Å²) in [5, 5.41) is 4.31. The highest BCUT2D eigenvalue weighted by Crippen LogP contribution is 2.27. The van der Waals surface area contributed by atoms with Crippen LogP contribution in [0.5, 0.6) is 5.75 Å². The zero-order chi connectivity index (χ0) is 22.0. The SMILES string of the molecule is COc1ccc2cc(CNc3ccc(F)c(S(=O)(=O)N4CCOCC4)c3)c(Cl)nc2c1. The highest BCUT2D eigenvalue weighted by atomic mass is 35.5. The van der Waals surface area contributed by atoms with E-state index in [0.29, 0.717) is 22.1 Å². The summed E-state index contributed by atoms with van der Waals surface area (Å²) in [6.07, 6.45) is 0. The molecule has 1 aromatic heterocycles. The summed E-state index contributed by atoms with van der Waals surface area (Å²) in [6, 6.07) is 11.3. The average Bonchev–Trinajstić information content (AvgIpc) is 2.78. The lowest BCUT2D eigenvalue weighted by atomic mass is 10.1. The number of halogens is 2. The Balaban J connectivity index is 1.56. The molecule has 1 aliphatic rings. The van der Waals surface area contributed by atoms with Gasteiger partial charge < -0.3 is 14.8 Å². The van der Waals surface area contributed by atoms with Gasteiger partial charge in [-0.1, -0.05) is 11.6 Å². The van der Waals surface area contributed by atoms with Crippen LogP contribution in [0, 0.1) is 5.82 Å². The fourth-order valence-corrected chi connectivity index (χ4v) is 5.06. The number of anilines is 1. The number of ether oxygens (including phenoxy) is 2. The van der Waals surface area contributed by atoms with Crippen LogP contribution in [0.25, 0.3) is 10.9 Å². The van der Waals surface area contributed by atoms with Crippen LogP contribution in [0.3, 0.4) is 0 Å². The Kier molecular flexibility index (Phi) is 6.29. The lowest BCUT2D eigenvalue weighted by molar-refractivity contribution is 0.0729. The van der Waals surface area contributed by atoms with Crippen molar-refractivity contribution in [2.45, 2.75) is 11.4 Å². The summed E-state index contributed by atoms with van der Waals surface area (Å²) in [6.45, 7) is 1.26. The predicted octanol–water partition coefficient (Wildman–Crippen LogP) is 3.67. The predicted molar refractivity (Wildman–Crippen MR) is 117 cm³/mol. The molecule has 4 rings (SSSR count). The van der Waals surface area contributed by atoms with Crippen LogP contribution < -0.4 is 10.1 Å². The van der Waals surface area contributed by atoms with Gasteiger partial charge in [0.25, 0.3) is 0 Å². The highest BCUT2D eigenvalue weighted by molar-refractivity contribution is 7.89. The molecule has 0 atom stereocenters. The maximum absolute atomic E-state index is 14.4. The Morgan fingerprint density at radius 3 is 2.71 bits per heavy atom. The van der Waals surface area contributed by atoms with E-state index in [1.807, 2.05) is 18.2 Å². The van der Waals surface area contributed by atoms with Gasteiger partial charge in [0.15, 0.2) is 0 Å². The summed E-state index contributed by atoms with van der Waals surface area (Å²) in [5.74, 6) is -0.112.